The van der Waals surface area contributed by atoms with Gasteiger partial charge in [-0.05, 0) is 13.0 Å². The van der Waals surface area contributed by atoms with Gasteiger partial charge in [-0.15, -0.1) is 11.3 Å². The molecule has 2 aromatic heterocycles. The molecule has 0 radical (unpaired) electrons. The maximum Gasteiger partial charge on any atom is 0.250 e. The summed E-state index contributed by atoms with van der Waals surface area (Å²) in [6.07, 6.45) is 3.14. The minimum atomic E-state index is -0.239. The number of aromatic nitrogens is 2. The Balaban J connectivity index is 1.51. The first-order valence-corrected chi connectivity index (χ1v) is 8.98. The van der Waals surface area contributed by atoms with Gasteiger partial charge in [0.2, 0.25) is 5.91 Å². The van der Waals surface area contributed by atoms with Crippen molar-refractivity contribution in [3.05, 3.63) is 34.3 Å². The third-order valence-corrected chi connectivity index (χ3v) is 5.05. The Morgan fingerprint density at radius 3 is 2.79 bits per heavy atom. The van der Waals surface area contributed by atoms with Crippen LogP contribution in [-0.4, -0.2) is 29.1 Å². The smallest absolute Gasteiger partial charge is 0.250 e. The molecule has 1 aliphatic heterocycles. The molecule has 4 rings (SSSR count). The van der Waals surface area contributed by atoms with Crippen LogP contribution in [0.1, 0.15) is 10.7 Å². The number of carbonyl (C=O) groups excluding carboxylic acids is 1. The fourth-order valence-electron chi connectivity index (χ4n) is 2.28. The number of rotatable bonds is 3. The molecule has 0 saturated heterocycles. The Bertz CT molecular complexity index is 902. The first-order valence-electron chi connectivity index (χ1n) is 7.29. The zero-order valence-corrected chi connectivity index (χ0v) is 14.4. The third kappa shape index (κ3) is 3.10. The number of hydrogen-bond acceptors (Lipinski definition) is 7. The lowest BCUT2D eigenvalue weighted by Crippen LogP contribution is -2.15. The summed E-state index contributed by atoms with van der Waals surface area (Å²) in [4.78, 5) is 20.7. The quantitative estimate of drug-likeness (QED) is 0.725. The zero-order chi connectivity index (χ0) is 16.5. The van der Waals surface area contributed by atoms with Gasteiger partial charge in [0.05, 0.1) is 20.9 Å². The molecule has 0 saturated carbocycles. The van der Waals surface area contributed by atoms with Crippen molar-refractivity contribution in [2.45, 2.75) is 6.92 Å². The van der Waals surface area contributed by atoms with Crippen LogP contribution in [0, 0.1) is 6.92 Å². The number of amides is 1. The lowest BCUT2D eigenvalue weighted by Gasteiger charge is -2.17. The van der Waals surface area contributed by atoms with Gasteiger partial charge in [0.1, 0.15) is 13.2 Å². The number of ether oxygens (including phenoxy) is 2. The number of hydrogen-bond donors (Lipinski definition) is 1. The van der Waals surface area contributed by atoms with Crippen LogP contribution in [0.2, 0.25) is 0 Å². The lowest BCUT2D eigenvalue weighted by molar-refractivity contribution is -0.111. The minimum absolute atomic E-state index is 0.239. The van der Waals surface area contributed by atoms with Gasteiger partial charge in [-0.1, -0.05) is 11.3 Å². The maximum atomic E-state index is 12.0. The standard InChI is InChI=1S/C16H13N3O3S2/c1-9-17-10(8-23-9)2-3-15(20)19-16-18-11-6-12-13(7-14(11)24-16)22-5-4-21-12/h2-3,6-8H,4-5H2,1H3,(H,18,19,20)/b3-2+. The molecule has 1 N–H and O–H groups in total. The molecular weight excluding hydrogens is 346 g/mol. The highest BCUT2D eigenvalue weighted by molar-refractivity contribution is 7.22. The van der Waals surface area contributed by atoms with Crippen molar-refractivity contribution in [2.75, 3.05) is 18.5 Å². The molecule has 0 spiro atoms. The molecule has 3 heterocycles. The molecular formula is C16H13N3O3S2. The molecule has 8 heteroatoms. The summed E-state index contributed by atoms with van der Waals surface area (Å²) >= 11 is 2.95. The van der Waals surface area contributed by atoms with E-state index in [0.29, 0.717) is 29.8 Å². The molecule has 1 aliphatic rings. The maximum absolute atomic E-state index is 12.0. The molecule has 122 valence electrons. The van der Waals surface area contributed by atoms with Crippen molar-refractivity contribution in [1.82, 2.24) is 9.97 Å². The summed E-state index contributed by atoms with van der Waals surface area (Å²) in [6.45, 7) is 3.01. The molecule has 0 atom stereocenters. The SMILES string of the molecule is Cc1nc(/C=C/C(=O)Nc2nc3cc4c(cc3s2)OCCO4)cs1. The highest BCUT2D eigenvalue weighted by Gasteiger charge is 2.15. The Hall–Kier alpha value is -2.45. The largest absolute Gasteiger partial charge is 0.486 e. The van der Waals surface area contributed by atoms with Crippen LogP contribution in [0.25, 0.3) is 16.3 Å². The highest BCUT2D eigenvalue weighted by atomic mass is 32.1. The predicted molar refractivity (Wildman–Crippen MR) is 95.1 cm³/mol. The molecule has 0 fully saturated rings. The van der Waals surface area contributed by atoms with E-state index in [1.165, 1.54) is 17.4 Å². The van der Waals surface area contributed by atoms with Gasteiger partial charge < -0.3 is 9.47 Å². The monoisotopic (exact) mass is 359 g/mol. The van der Waals surface area contributed by atoms with Crippen LogP contribution in [0.15, 0.2) is 23.6 Å². The van der Waals surface area contributed by atoms with Crippen LogP contribution >= 0.6 is 22.7 Å². The van der Waals surface area contributed by atoms with E-state index in [9.17, 15) is 4.79 Å². The molecule has 24 heavy (non-hydrogen) atoms. The van der Waals surface area contributed by atoms with Crippen molar-refractivity contribution < 1.29 is 14.3 Å². The van der Waals surface area contributed by atoms with Crippen LogP contribution in [0.4, 0.5) is 5.13 Å². The number of nitrogens with one attached hydrogen (secondary N) is 1. The predicted octanol–water partition coefficient (Wildman–Crippen LogP) is 3.48. The van der Waals surface area contributed by atoms with Crippen LogP contribution in [0.5, 0.6) is 11.5 Å². The molecule has 1 amide bonds. The van der Waals surface area contributed by atoms with Crippen molar-refractivity contribution >= 4 is 50.0 Å². The molecule has 1 aromatic carbocycles. The Labute approximate surface area is 145 Å². The number of aryl methyl sites for hydroxylation is 1. The molecule has 0 unspecified atom stereocenters. The van der Waals surface area contributed by atoms with Crippen molar-refractivity contribution in [1.29, 1.82) is 0 Å². The lowest BCUT2D eigenvalue weighted by atomic mass is 10.3. The first kappa shape index (κ1) is 15.1. The summed E-state index contributed by atoms with van der Waals surface area (Å²) in [7, 11) is 0. The van der Waals surface area contributed by atoms with E-state index in [1.807, 2.05) is 24.4 Å². The summed E-state index contributed by atoms with van der Waals surface area (Å²) in [5, 5.41) is 6.18. The fraction of sp³-hybridized carbons (Fsp3) is 0.188. The van der Waals surface area contributed by atoms with E-state index in [1.54, 1.807) is 17.4 Å². The topological polar surface area (TPSA) is 73.3 Å². The summed E-state index contributed by atoms with van der Waals surface area (Å²) in [5.41, 5.74) is 1.55. The van der Waals surface area contributed by atoms with E-state index in [2.05, 4.69) is 15.3 Å². The highest BCUT2D eigenvalue weighted by Crippen LogP contribution is 2.37. The Morgan fingerprint density at radius 2 is 2.04 bits per heavy atom. The summed E-state index contributed by atoms with van der Waals surface area (Å²) in [6, 6.07) is 3.73. The second kappa shape index (κ2) is 6.21. The fourth-order valence-corrected chi connectivity index (χ4v) is 3.74. The second-order valence-corrected chi connectivity index (χ2v) is 7.19. The second-order valence-electron chi connectivity index (χ2n) is 5.10. The van der Waals surface area contributed by atoms with Crippen molar-refractivity contribution in [2.24, 2.45) is 0 Å². The van der Waals surface area contributed by atoms with Gasteiger partial charge in [-0.2, -0.15) is 0 Å². The Morgan fingerprint density at radius 1 is 1.25 bits per heavy atom. The average Bonchev–Trinajstić information content (AvgIpc) is 3.15. The van der Waals surface area contributed by atoms with E-state index in [-0.39, 0.29) is 5.91 Å². The van der Waals surface area contributed by atoms with E-state index in [0.717, 1.165) is 20.9 Å². The van der Waals surface area contributed by atoms with Crippen molar-refractivity contribution in [3.8, 4) is 11.5 Å². The summed E-state index contributed by atoms with van der Waals surface area (Å²) < 4.78 is 12.0. The number of benzene rings is 1. The summed E-state index contributed by atoms with van der Waals surface area (Å²) in [5.74, 6) is 1.17. The minimum Gasteiger partial charge on any atom is -0.486 e. The van der Waals surface area contributed by atoms with Gasteiger partial charge in [-0.3, -0.25) is 10.1 Å². The van der Waals surface area contributed by atoms with Crippen LogP contribution in [-0.2, 0) is 4.79 Å². The van der Waals surface area contributed by atoms with Gasteiger partial charge in [-0.25, -0.2) is 9.97 Å². The van der Waals surface area contributed by atoms with E-state index < -0.39 is 0 Å². The molecule has 0 bridgehead atoms. The van der Waals surface area contributed by atoms with Gasteiger partial charge in [0.25, 0.3) is 0 Å². The van der Waals surface area contributed by atoms with Crippen molar-refractivity contribution in [3.63, 3.8) is 0 Å². The number of thiazole rings is 2. The van der Waals surface area contributed by atoms with E-state index >= 15 is 0 Å². The normalized spacial score (nSPS) is 13.5. The third-order valence-electron chi connectivity index (χ3n) is 3.32. The van der Waals surface area contributed by atoms with E-state index in [4.69, 9.17) is 9.47 Å². The van der Waals surface area contributed by atoms with Gasteiger partial charge in [0, 0.05) is 23.6 Å². The average molecular weight is 359 g/mol. The van der Waals surface area contributed by atoms with Crippen LogP contribution in [0.3, 0.4) is 0 Å². The Kier molecular flexibility index (Phi) is 3.91. The molecule has 0 aliphatic carbocycles. The number of fused-ring (bicyclic) bond motifs is 2. The number of anilines is 1. The first-order chi connectivity index (χ1) is 11.7. The molecule has 3 aromatic rings. The number of carbonyl (C=O) groups is 1. The molecule has 6 nitrogen and oxygen atoms in total. The van der Waals surface area contributed by atoms with Gasteiger partial charge in [0.15, 0.2) is 16.6 Å². The zero-order valence-electron chi connectivity index (χ0n) is 12.7. The van der Waals surface area contributed by atoms with Gasteiger partial charge >= 0.3 is 0 Å². The number of nitrogens with zero attached hydrogens (tertiary/aromatic N) is 2. The van der Waals surface area contributed by atoms with Crippen LogP contribution < -0.4 is 14.8 Å².